The Hall–Kier alpha value is -2.91. The monoisotopic (exact) mass is 473 g/mol. The van der Waals surface area contributed by atoms with Crippen molar-refractivity contribution in [1.82, 2.24) is 14.5 Å². The normalized spacial score (nSPS) is 19.4. The van der Waals surface area contributed by atoms with Gasteiger partial charge in [0.15, 0.2) is 0 Å². The molecule has 8 nitrogen and oxygen atoms in total. The van der Waals surface area contributed by atoms with Crippen LogP contribution in [-0.4, -0.2) is 67.5 Å². The summed E-state index contributed by atoms with van der Waals surface area (Å²) in [6, 6.07) is 17.0. The van der Waals surface area contributed by atoms with Gasteiger partial charge in [0.1, 0.15) is 11.3 Å². The number of rotatable bonds is 9. The lowest BCUT2D eigenvalue weighted by Crippen LogP contribution is -2.69. The molecule has 1 unspecified atom stereocenters. The first kappa shape index (κ1) is 24.7. The first-order valence-corrected chi connectivity index (χ1v) is 12.8. The molecule has 0 radical (unpaired) electrons. The summed E-state index contributed by atoms with van der Waals surface area (Å²) in [6.07, 6.45) is 1.58. The Balaban J connectivity index is 1.78. The van der Waals surface area contributed by atoms with Crippen molar-refractivity contribution in [3.63, 3.8) is 0 Å². The smallest absolute Gasteiger partial charge is 0.247 e. The highest BCUT2D eigenvalue weighted by atomic mass is 32.2. The molecule has 1 aliphatic heterocycles. The highest BCUT2D eigenvalue weighted by Crippen LogP contribution is 2.25. The fraction of sp³-hybridized carbons (Fsp3) is 0.417. The molecule has 1 aliphatic rings. The van der Waals surface area contributed by atoms with Gasteiger partial charge in [-0.1, -0.05) is 42.5 Å². The molecule has 0 aromatic heterocycles. The number of hydrogen-bond donors (Lipinski definition) is 1. The number of ether oxygens (including phenoxy) is 1. The van der Waals surface area contributed by atoms with E-state index < -0.39 is 21.5 Å². The summed E-state index contributed by atoms with van der Waals surface area (Å²) in [6.45, 7) is 4.33. The minimum Gasteiger partial charge on any atom is -0.494 e. The summed E-state index contributed by atoms with van der Waals surface area (Å²) in [7, 11) is -3.64. The van der Waals surface area contributed by atoms with E-state index in [2.05, 4.69) is 5.32 Å². The van der Waals surface area contributed by atoms with Crippen molar-refractivity contribution in [3.8, 4) is 5.75 Å². The molecular formula is C24H31N3O5S. The number of nitrogens with one attached hydrogen (secondary N) is 1. The maximum absolute atomic E-state index is 13.3. The Morgan fingerprint density at radius 3 is 2.36 bits per heavy atom. The van der Waals surface area contributed by atoms with Crippen molar-refractivity contribution >= 4 is 21.8 Å². The number of nitrogens with zero attached hydrogens (tertiary/aromatic N) is 2. The van der Waals surface area contributed by atoms with E-state index in [0.717, 1.165) is 27.4 Å². The first-order valence-electron chi connectivity index (χ1n) is 10.9. The molecule has 0 spiro atoms. The van der Waals surface area contributed by atoms with E-state index in [9.17, 15) is 18.0 Å². The van der Waals surface area contributed by atoms with Crippen molar-refractivity contribution in [3.05, 3.63) is 65.7 Å². The molecule has 1 N–H and O–H groups in total. The van der Waals surface area contributed by atoms with E-state index >= 15 is 0 Å². The van der Waals surface area contributed by atoms with Crippen LogP contribution in [0.3, 0.4) is 0 Å². The lowest BCUT2D eigenvalue weighted by atomic mass is 9.94. The number of piperazine rings is 1. The first-order chi connectivity index (χ1) is 15.6. The van der Waals surface area contributed by atoms with Crippen LogP contribution in [0.1, 0.15) is 25.0 Å². The predicted molar refractivity (Wildman–Crippen MR) is 126 cm³/mol. The minimum atomic E-state index is -3.64. The van der Waals surface area contributed by atoms with Gasteiger partial charge < -0.3 is 15.0 Å². The Kier molecular flexibility index (Phi) is 7.76. The molecule has 3 rings (SSSR count). The molecule has 0 bridgehead atoms. The lowest BCUT2D eigenvalue weighted by Gasteiger charge is -2.46. The Bertz CT molecular complexity index is 1070. The molecule has 2 aromatic carbocycles. The van der Waals surface area contributed by atoms with E-state index in [-0.39, 0.29) is 25.5 Å². The quantitative estimate of drug-likeness (QED) is 0.599. The van der Waals surface area contributed by atoms with E-state index in [1.807, 2.05) is 61.5 Å². The third-order valence-corrected chi connectivity index (χ3v) is 7.00. The minimum absolute atomic E-state index is 0.0958. The fourth-order valence-corrected chi connectivity index (χ4v) is 4.76. The van der Waals surface area contributed by atoms with Crippen LogP contribution in [0.4, 0.5) is 0 Å². The van der Waals surface area contributed by atoms with Gasteiger partial charge in [-0.05, 0) is 43.5 Å². The summed E-state index contributed by atoms with van der Waals surface area (Å²) in [5.74, 6) is -0.0149. The molecule has 1 heterocycles. The number of carbonyl (C=O) groups is 2. The van der Waals surface area contributed by atoms with Crippen molar-refractivity contribution < 1.29 is 22.7 Å². The summed E-state index contributed by atoms with van der Waals surface area (Å²) >= 11 is 0. The highest BCUT2D eigenvalue weighted by molar-refractivity contribution is 7.88. The number of amides is 2. The van der Waals surface area contributed by atoms with Gasteiger partial charge in [-0.25, -0.2) is 8.42 Å². The lowest BCUT2D eigenvalue weighted by molar-refractivity contribution is -0.152. The second-order valence-electron chi connectivity index (χ2n) is 8.35. The zero-order valence-corrected chi connectivity index (χ0v) is 20.1. The zero-order valence-electron chi connectivity index (χ0n) is 19.3. The molecule has 33 heavy (non-hydrogen) atoms. The van der Waals surface area contributed by atoms with Crippen molar-refractivity contribution in [1.29, 1.82) is 0 Å². The van der Waals surface area contributed by atoms with E-state index in [1.54, 1.807) is 6.92 Å². The Morgan fingerprint density at radius 2 is 1.76 bits per heavy atom. The van der Waals surface area contributed by atoms with Gasteiger partial charge in [-0.2, -0.15) is 4.31 Å². The van der Waals surface area contributed by atoms with Gasteiger partial charge >= 0.3 is 0 Å². The molecule has 9 heteroatoms. The second kappa shape index (κ2) is 10.4. The third-order valence-electron chi connectivity index (χ3n) is 5.81. The topological polar surface area (TPSA) is 96.0 Å². The molecular weight excluding hydrogens is 442 g/mol. The van der Waals surface area contributed by atoms with Gasteiger partial charge in [0.25, 0.3) is 0 Å². The van der Waals surface area contributed by atoms with E-state index in [4.69, 9.17) is 4.74 Å². The molecule has 1 fully saturated rings. The number of sulfonamides is 1. The third kappa shape index (κ3) is 6.11. The van der Waals surface area contributed by atoms with E-state index in [1.165, 1.54) is 4.90 Å². The predicted octanol–water partition coefficient (Wildman–Crippen LogP) is 1.81. The van der Waals surface area contributed by atoms with Crippen molar-refractivity contribution in [2.45, 2.75) is 32.4 Å². The van der Waals surface area contributed by atoms with Gasteiger partial charge in [-0.15, -0.1) is 0 Å². The van der Waals surface area contributed by atoms with Gasteiger partial charge in [0.2, 0.25) is 21.8 Å². The average Bonchev–Trinajstić information content (AvgIpc) is 2.78. The maximum atomic E-state index is 13.3. The fourth-order valence-electron chi connectivity index (χ4n) is 3.92. The van der Waals surface area contributed by atoms with Crippen LogP contribution in [-0.2, 0) is 32.6 Å². The molecule has 1 atom stereocenters. The number of hydrogen-bond acceptors (Lipinski definition) is 5. The second-order valence-corrected chi connectivity index (χ2v) is 10.3. The van der Waals surface area contributed by atoms with Crippen molar-refractivity contribution in [2.24, 2.45) is 0 Å². The standard InChI is InChI=1S/C24H31N3O5S/c1-4-32-21-12-10-19(11-13-21)14-15-27-22(28)17-26(33(3,30)31)18-24(27,2)23(29)25-16-20-8-6-5-7-9-20/h5-13H,4,14-18H2,1-3H3,(H,25,29). The largest absolute Gasteiger partial charge is 0.494 e. The van der Waals surface area contributed by atoms with Crippen LogP contribution in [0.25, 0.3) is 0 Å². The molecule has 2 amide bonds. The summed E-state index contributed by atoms with van der Waals surface area (Å²) in [4.78, 5) is 27.8. The van der Waals surface area contributed by atoms with Gasteiger partial charge in [0, 0.05) is 19.6 Å². The van der Waals surface area contributed by atoms with Crippen LogP contribution in [0, 0.1) is 0 Å². The molecule has 178 valence electrons. The van der Waals surface area contributed by atoms with Crippen LogP contribution in [0.5, 0.6) is 5.75 Å². The molecule has 1 saturated heterocycles. The van der Waals surface area contributed by atoms with Gasteiger partial charge in [-0.3, -0.25) is 9.59 Å². The number of carbonyl (C=O) groups excluding carboxylic acids is 2. The summed E-state index contributed by atoms with van der Waals surface area (Å²) in [5, 5.41) is 2.88. The summed E-state index contributed by atoms with van der Waals surface area (Å²) < 4.78 is 30.9. The van der Waals surface area contributed by atoms with Gasteiger partial charge in [0.05, 0.1) is 19.4 Å². The SMILES string of the molecule is CCOc1ccc(CCN2C(=O)CN(S(C)(=O)=O)CC2(C)C(=O)NCc2ccccc2)cc1. The van der Waals surface area contributed by atoms with Crippen molar-refractivity contribution in [2.75, 3.05) is 32.5 Å². The zero-order chi connectivity index (χ0) is 24.1. The van der Waals surface area contributed by atoms with E-state index in [0.29, 0.717) is 19.6 Å². The maximum Gasteiger partial charge on any atom is 0.247 e. The average molecular weight is 474 g/mol. The highest BCUT2D eigenvalue weighted by Gasteiger charge is 2.49. The molecule has 0 saturated carbocycles. The Labute approximate surface area is 195 Å². The molecule has 2 aromatic rings. The van der Waals surface area contributed by atoms with Crippen LogP contribution in [0.2, 0.25) is 0 Å². The Morgan fingerprint density at radius 1 is 1.09 bits per heavy atom. The summed E-state index contributed by atoms with van der Waals surface area (Å²) in [5.41, 5.74) is 0.569. The van der Waals surface area contributed by atoms with Crippen LogP contribution >= 0.6 is 0 Å². The van der Waals surface area contributed by atoms with Crippen LogP contribution in [0.15, 0.2) is 54.6 Å². The van der Waals surface area contributed by atoms with Crippen LogP contribution < -0.4 is 10.1 Å². The molecule has 0 aliphatic carbocycles. The number of benzene rings is 2.